The Balaban J connectivity index is 2.27. The largest absolute Gasteiger partial charge is 0.345 e. The third-order valence-corrected chi connectivity index (χ3v) is 2.81. The molecular weight excluding hydrogens is 176 g/mol. The van der Waals surface area contributed by atoms with Crippen LogP contribution in [0.5, 0.6) is 0 Å². The van der Waals surface area contributed by atoms with Crippen molar-refractivity contribution >= 4 is 0 Å². The molecule has 0 bridgehead atoms. The molecule has 0 amide bonds. The first-order valence-electron chi connectivity index (χ1n) is 4.84. The van der Waals surface area contributed by atoms with Gasteiger partial charge in [-0.15, -0.1) is 0 Å². The molecule has 78 valence electrons. The van der Waals surface area contributed by atoms with Gasteiger partial charge in [-0.1, -0.05) is 12.8 Å². The number of ether oxygens (including phenoxy) is 1. The maximum atomic E-state index is 11.8. The average Bonchev–Trinajstić information content (AvgIpc) is 2.15. The molecule has 2 unspecified atom stereocenters. The van der Waals surface area contributed by atoms with Crippen LogP contribution in [0.15, 0.2) is 0 Å². The van der Waals surface area contributed by atoms with E-state index in [4.69, 9.17) is 5.73 Å². The van der Waals surface area contributed by atoms with Crippen molar-refractivity contribution in [1.82, 2.24) is 0 Å². The fourth-order valence-corrected chi connectivity index (χ4v) is 2.01. The Morgan fingerprint density at radius 2 is 1.85 bits per heavy atom. The van der Waals surface area contributed by atoms with Crippen LogP contribution >= 0.6 is 0 Å². The van der Waals surface area contributed by atoms with E-state index in [2.05, 4.69) is 4.74 Å². The van der Waals surface area contributed by atoms with E-state index in [-0.39, 0.29) is 12.5 Å². The summed E-state index contributed by atoms with van der Waals surface area (Å²) in [6.07, 6.45) is 4.34. The SMILES string of the molecule is NCC1CCCCC1COC(F)F. The zero-order valence-corrected chi connectivity index (χ0v) is 7.72. The molecule has 0 saturated heterocycles. The maximum Gasteiger partial charge on any atom is 0.345 e. The van der Waals surface area contributed by atoms with Gasteiger partial charge in [0.25, 0.3) is 0 Å². The lowest BCUT2D eigenvalue weighted by Crippen LogP contribution is -2.30. The average molecular weight is 193 g/mol. The minimum atomic E-state index is -2.64. The normalized spacial score (nSPS) is 29.5. The molecular formula is C9H17F2NO. The lowest BCUT2D eigenvalue weighted by molar-refractivity contribution is -0.144. The molecule has 0 aromatic rings. The van der Waals surface area contributed by atoms with Crippen LogP contribution in [0.2, 0.25) is 0 Å². The van der Waals surface area contributed by atoms with Gasteiger partial charge in [0.1, 0.15) is 0 Å². The summed E-state index contributed by atoms with van der Waals surface area (Å²) in [4.78, 5) is 0. The van der Waals surface area contributed by atoms with E-state index < -0.39 is 6.61 Å². The molecule has 1 aliphatic rings. The molecule has 2 nitrogen and oxygen atoms in total. The summed E-state index contributed by atoms with van der Waals surface area (Å²) in [5, 5.41) is 0. The smallest absolute Gasteiger partial charge is 0.330 e. The minimum Gasteiger partial charge on any atom is -0.330 e. The summed E-state index contributed by atoms with van der Waals surface area (Å²) in [5.41, 5.74) is 5.56. The quantitative estimate of drug-likeness (QED) is 0.741. The number of hydrogen-bond acceptors (Lipinski definition) is 2. The topological polar surface area (TPSA) is 35.2 Å². The summed E-state index contributed by atoms with van der Waals surface area (Å²) in [7, 11) is 0. The minimum absolute atomic E-state index is 0.166. The van der Waals surface area contributed by atoms with Gasteiger partial charge in [0.2, 0.25) is 0 Å². The maximum absolute atomic E-state index is 11.8. The van der Waals surface area contributed by atoms with E-state index in [0.717, 1.165) is 19.3 Å². The van der Waals surface area contributed by atoms with E-state index in [1.807, 2.05) is 0 Å². The number of hydrogen-bond donors (Lipinski definition) is 1. The van der Waals surface area contributed by atoms with Crippen molar-refractivity contribution < 1.29 is 13.5 Å². The van der Waals surface area contributed by atoms with Crippen LogP contribution < -0.4 is 5.73 Å². The number of alkyl halides is 2. The summed E-state index contributed by atoms with van der Waals surface area (Å²) >= 11 is 0. The molecule has 4 heteroatoms. The Morgan fingerprint density at radius 3 is 2.38 bits per heavy atom. The van der Waals surface area contributed by atoms with Crippen LogP contribution in [-0.2, 0) is 4.74 Å². The second-order valence-electron chi connectivity index (χ2n) is 3.63. The van der Waals surface area contributed by atoms with Gasteiger partial charge in [-0.25, -0.2) is 0 Å². The van der Waals surface area contributed by atoms with Crippen LogP contribution in [0, 0.1) is 11.8 Å². The third-order valence-electron chi connectivity index (χ3n) is 2.81. The van der Waals surface area contributed by atoms with Gasteiger partial charge in [-0.05, 0) is 31.2 Å². The summed E-state index contributed by atoms with van der Waals surface area (Å²) < 4.78 is 27.9. The van der Waals surface area contributed by atoms with Crippen molar-refractivity contribution in [2.75, 3.05) is 13.2 Å². The van der Waals surface area contributed by atoms with Crippen molar-refractivity contribution in [3.8, 4) is 0 Å². The first-order chi connectivity index (χ1) is 6.24. The molecule has 1 aliphatic carbocycles. The van der Waals surface area contributed by atoms with E-state index in [1.54, 1.807) is 0 Å². The Labute approximate surface area is 77.4 Å². The standard InChI is InChI=1S/C9H17F2NO/c10-9(11)13-6-8-4-2-1-3-7(8)5-12/h7-9H,1-6,12H2. The highest BCUT2D eigenvalue weighted by molar-refractivity contribution is 4.75. The van der Waals surface area contributed by atoms with E-state index in [0.29, 0.717) is 12.5 Å². The van der Waals surface area contributed by atoms with Crippen LogP contribution in [0.3, 0.4) is 0 Å². The highest BCUT2D eigenvalue weighted by atomic mass is 19.3. The first kappa shape index (κ1) is 10.9. The number of rotatable bonds is 4. The van der Waals surface area contributed by atoms with Crippen LogP contribution in [0.25, 0.3) is 0 Å². The van der Waals surface area contributed by atoms with Crippen molar-refractivity contribution in [2.45, 2.75) is 32.3 Å². The predicted molar refractivity (Wildman–Crippen MR) is 46.5 cm³/mol. The fraction of sp³-hybridized carbons (Fsp3) is 1.00. The van der Waals surface area contributed by atoms with Crippen molar-refractivity contribution in [1.29, 1.82) is 0 Å². The molecule has 2 atom stereocenters. The molecule has 0 spiro atoms. The van der Waals surface area contributed by atoms with Crippen LogP contribution in [0.4, 0.5) is 8.78 Å². The number of halogens is 2. The molecule has 1 fully saturated rings. The molecule has 2 N–H and O–H groups in total. The fourth-order valence-electron chi connectivity index (χ4n) is 2.01. The van der Waals surface area contributed by atoms with E-state index >= 15 is 0 Å². The molecule has 0 aliphatic heterocycles. The number of nitrogens with two attached hydrogens (primary N) is 1. The van der Waals surface area contributed by atoms with Crippen molar-refractivity contribution in [3.05, 3.63) is 0 Å². The Morgan fingerprint density at radius 1 is 1.23 bits per heavy atom. The first-order valence-corrected chi connectivity index (χ1v) is 4.84. The summed E-state index contributed by atoms with van der Waals surface area (Å²) in [5.74, 6) is 0.625. The van der Waals surface area contributed by atoms with E-state index in [1.165, 1.54) is 6.42 Å². The summed E-state index contributed by atoms with van der Waals surface area (Å²) in [6, 6.07) is 0. The van der Waals surface area contributed by atoms with E-state index in [9.17, 15) is 8.78 Å². The Kier molecular flexibility index (Phi) is 4.59. The van der Waals surface area contributed by atoms with Gasteiger partial charge in [0, 0.05) is 0 Å². The zero-order valence-electron chi connectivity index (χ0n) is 7.72. The molecule has 0 aromatic carbocycles. The van der Waals surface area contributed by atoms with Gasteiger partial charge in [0.05, 0.1) is 6.61 Å². The molecule has 0 heterocycles. The zero-order chi connectivity index (χ0) is 9.68. The highest BCUT2D eigenvalue weighted by Gasteiger charge is 2.24. The van der Waals surface area contributed by atoms with Gasteiger partial charge in [-0.2, -0.15) is 8.78 Å². The Hall–Kier alpha value is -0.220. The molecule has 1 rings (SSSR count). The van der Waals surface area contributed by atoms with Crippen molar-refractivity contribution in [3.63, 3.8) is 0 Å². The molecule has 1 saturated carbocycles. The van der Waals surface area contributed by atoms with Gasteiger partial charge in [-0.3, -0.25) is 0 Å². The third kappa shape index (κ3) is 3.56. The predicted octanol–water partition coefficient (Wildman–Crippen LogP) is 1.99. The van der Waals surface area contributed by atoms with Crippen LogP contribution in [0.1, 0.15) is 25.7 Å². The summed E-state index contributed by atoms with van der Waals surface area (Å²) in [6.45, 7) is -1.88. The second-order valence-corrected chi connectivity index (χ2v) is 3.63. The van der Waals surface area contributed by atoms with Gasteiger partial charge >= 0.3 is 6.61 Å². The molecule has 0 radical (unpaired) electrons. The van der Waals surface area contributed by atoms with Gasteiger partial charge < -0.3 is 10.5 Å². The lowest BCUT2D eigenvalue weighted by Gasteiger charge is -2.30. The van der Waals surface area contributed by atoms with Crippen molar-refractivity contribution in [2.24, 2.45) is 17.6 Å². The Bertz CT molecular complexity index is 144. The van der Waals surface area contributed by atoms with Gasteiger partial charge in [0.15, 0.2) is 0 Å². The second kappa shape index (κ2) is 5.50. The highest BCUT2D eigenvalue weighted by Crippen LogP contribution is 2.29. The van der Waals surface area contributed by atoms with Crippen LogP contribution in [-0.4, -0.2) is 19.8 Å². The monoisotopic (exact) mass is 193 g/mol. The lowest BCUT2D eigenvalue weighted by atomic mass is 9.80. The molecule has 0 aromatic heterocycles. The molecule has 13 heavy (non-hydrogen) atoms.